The molecule has 1 aromatic heterocycles. The van der Waals surface area contributed by atoms with Crippen LogP contribution < -0.4 is 10.2 Å². The lowest BCUT2D eigenvalue weighted by Gasteiger charge is -2.48. The Morgan fingerprint density at radius 1 is 0.886 bits per heavy atom. The van der Waals surface area contributed by atoms with Crippen LogP contribution in [0.5, 0.6) is 0 Å². The van der Waals surface area contributed by atoms with Gasteiger partial charge >= 0.3 is 12.2 Å². The molecule has 4 heterocycles. The van der Waals surface area contributed by atoms with Crippen LogP contribution in [-0.4, -0.2) is 118 Å². The Morgan fingerprint density at radius 3 is 1.95 bits per heavy atom. The normalized spacial score (nSPS) is 21.3. The standard InChI is InChI=1S/C21H34ClN5O2.C11H22N2O2/c1-20(2,3)29-19(28)26-10-11-27(21(4,5)14-26)13-16-6-8-25(9-7-16)18-12-17(22)23-15-24-18;1-10(2,3)15-9(14)13-7-6-12-11(4,5)8-13/h12,15-16H,6-11,13-14H2,1-5H3;12H,6-8H2,1-5H3. The van der Waals surface area contributed by atoms with Gasteiger partial charge in [-0.1, -0.05) is 11.6 Å². The molecule has 2 amide bonds. The maximum Gasteiger partial charge on any atom is 0.410 e. The summed E-state index contributed by atoms with van der Waals surface area (Å²) < 4.78 is 10.9. The minimum atomic E-state index is -0.458. The van der Waals surface area contributed by atoms with Crippen molar-refractivity contribution in [2.75, 3.05) is 63.8 Å². The van der Waals surface area contributed by atoms with E-state index in [0.29, 0.717) is 24.2 Å². The first-order valence-electron chi connectivity index (χ1n) is 15.9. The van der Waals surface area contributed by atoms with E-state index in [1.807, 2.05) is 52.5 Å². The molecule has 12 heteroatoms. The average Bonchev–Trinajstić information content (AvgIpc) is 2.88. The predicted molar refractivity (Wildman–Crippen MR) is 175 cm³/mol. The summed E-state index contributed by atoms with van der Waals surface area (Å²) in [5, 5.41) is 3.84. The minimum Gasteiger partial charge on any atom is -0.444 e. The van der Waals surface area contributed by atoms with Crippen LogP contribution in [0.1, 0.15) is 82.1 Å². The van der Waals surface area contributed by atoms with Gasteiger partial charge in [0.1, 0.15) is 28.5 Å². The lowest BCUT2D eigenvalue weighted by molar-refractivity contribution is -0.0205. The molecule has 4 rings (SSSR count). The molecule has 0 saturated carbocycles. The predicted octanol–water partition coefficient (Wildman–Crippen LogP) is 5.28. The van der Waals surface area contributed by atoms with Crippen molar-refractivity contribution < 1.29 is 19.1 Å². The first-order valence-corrected chi connectivity index (χ1v) is 16.3. The number of nitrogens with zero attached hydrogens (tertiary/aromatic N) is 6. The number of nitrogens with one attached hydrogen (secondary N) is 1. The van der Waals surface area contributed by atoms with E-state index >= 15 is 0 Å². The molecule has 0 aliphatic carbocycles. The van der Waals surface area contributed by atoms with Crippen LogP contribution in [0.2, 0.25) is 5.15 Å². The van der Waals surface area contributed by atoms with E-state index in [4.69, 9.17) is 21.1 Å². The molecule has 3 aliphatic rings. The van der Waals surface area contributed by atoms with E-state index in [0.717, 1.165) is 64.5 Å². The molecule has 3 saturated heterocycles. The Hall–Kier alpha value is -2.37. The maximum atomic E-state index is 12.5. The molecule has 1 N–H and O–H groups in total. The first-order chi connectivity index (χ1) is 20.2. The van der Waals surface area contributed by atoms with Crippen molar-refractivity contribution in [1.82, 2.24) is 30.0 Å². The summed E-state index contributed by atoms with van der Waals surface area (Å²) in [6.45, 7) is 27.6. The molecule has 0 bridgehead atoms. The van der Waals surface area contributed by atoms with Crippen molar-refractivity contribution >= 4 is 29.6 Å². The largest absolute Gasteiger partial charge is 0.444 e. The zero-order valence-corrected chi connectivity index (χ0v) is 29.5. The monoisotopic (exact) mass is 637 g/mol. The Balaban J connectivity index is 0.000000297. The van der Waals surface area contributed by atoms with Gasteiger partial charge in [-0.25, -0.2) is 19.6 Å². The van der Waals surface area contributed by atoms with Gasteiger partial charge in [-0.2, -0.15) is 0 Å². The van der Waals surface area contributed by atoms with E-state index < -0.39 is 11.2 Å². The molecule has 0 unspecified atom stereocenters. The van der Waals surface area contributed by atoms with Crippen LogP contribution in [-0.2, 0) is 9.47 Å². The van der Waals surface area contributed by atoms with Gasteiger partial charge in [0, 0.05) is 76.0 Å². The van der Waals surface area contributed by atoms with Crippen molar-refractivity contribution in [3.8, 4) is 0 Å². The van der Waals surface area contributed by atoms with Gasteiger partial charge in [-0.05, 0) is 88.0 Å². The number of anilines is 1. The second-order valence-electron chi connectivity index (χ2n) is 15.5. The quantitative estimate of drug-likeness (QED) is 0.443. The highest BCUT2D eigenvalue weighted by molar-refractivity contribution is 6.29. The molecular weight excluding hydrogens is 582 g/mol. The second-order valence-corrected chi connectivity index (χ2v) is 15.9. The van der Waals surface area contributed by atoms with Crippen molar-refractivity contribution in [1.29, 1.82) is 0 Å². The summed E-state index contributed by atoms with van der Waals surface area (Å²) >= 11 is 6.00. The number of piperidine rings is 1. The lowest BCUT2D eigenvalue weighted by Crippen LogP contribution is -2.61. The smallest absolute Gasteiger partial charge is 0.410 e. The van der Waals surface area contributed by atoms with E-state index in [2.05, 4.69) is 52.8 Å². The van der Waals surface area contributed by atoms with E-state index in [9.17, 15) is 9.59 Å². The van der Waals surface area contributed by atoms with Crippen LogP contribution in [0.15, 0.2) is 12.4 Å². The summed E-state index contributed by atoms with van der Waals surface area (Å²) in [6, 6.07) is 1.83. The zero-order valence-electron chi connectivity index (χ0n) is 28.7. The third-order valence-corrected chi connectivity index (χ3v) is 8.19. The van der Waals surface area contributed by atoms with Gasteiger partial charge in [-0.3, -0.25) is 4.90 Å². The van der Waals surface area contributed by atoms with Gasteiger partial charge in [-0.15, -0.1) is 0 Å². The molecular formula is C32H56ClN7O4. The van der Waals surface area contributed by atoms with Crippen molar-refractivity contribution in [3.05, 3.63) is 17.5 Å². The van der Waals surface area contributed by atoms with Gasteiger partial charge in [0.2, 0.25) is 0 Å². The number of carbonyl (C=O) groups excluding carboxylic acids is 2. The number of piperazine rings is 2. The third kappa shape index (κ3) is 11.5. The number of aromatic nitrogens is 2. The molecule has 0 aromatic carbocycles. The van der Waals surface area contributed by atoms with Crippen LogP contribution >= 0.6 is 11.6 Å². The zero-order chi connectivity index (χ0) is 32.9. The number of ether oxygens (including phenoxy) is 2. The van der Waals surface area contributed by atoms with Crippen LogP contribution in [0, 0.1) is 5.92 Å². The van der Waals surface area contributed by atoms with E-state index in [-0.39, 0.29) is 23.3 Å². The highest BCUT2D eigenvalue weighted by atomic mass is 35.5. The fourth-order valence-corrected chi connectivity index (χ4v) is 5.93. The summed E-state index contributed by atoms with van der Waals surface area (Å²) in [5.41, 5.74) is -0.950. The Labute approximate surface area is 270 Å². The van der Waals surface area contributed by atoms with Gasteiger partial charge in [0.25, 0.3) is 0 Å². The van der Waals surface area contributed by atoms with Crippen LogP contribution in [0.25, 0.3) is 0 Å². The number of hydrogen-bond donors (Lipinski definition) is 1. The van der Waals surface area contributed by atoms with Gasteiger partial charge < -0.3 is 29.5 Å². The number of halogens is 1. The highest BCUT2D eigenvalue weighted by Gasteiger charge is 2.38. The molecule has 11 nitrogen and oxygen atoms in total. The summed E-state index contributed by atoms with van der Waals surface area (Å²) in [7, 11) is 0. The summed E-state index contributed by atoms with van der Waals surface area (Å²) in [5.74, 6) is 1.56. The van der Waals surface area contributed by atoms with Crippen molar-refractivity contribution in [2.45, 2.75) is 104 Å². The average molecular weight is 638 g/mol. The number of hydrogen-bond acceptors (Lipinski definition) is 9. The van der Waals surface area contributed by atoms with Crippen molar-refractivity contribution in [2.24, 2.45) is 5.92 Å². The van der Waals surface area contributed by atoms with Crippen molar-refractivity contribution in [3.63, 3.8) is 0 Å². The summed E-state index contributed by atoms with van der Waals surface area (Å²) in [4.78, 5) is 41.0. The van der Waals surface area contributed by atoms with E-state index in [1.165, 1.54) is 6.33 Å². The molecule has 0 spiro atoms. The number of carbonyl (C=O) groups is 2. The fourth-order valence-electron chi connectivity index (χ4n) is 5.79. The Kier molecular flexibility index (Phi) is 11.8. The number of rotatable bonds is 3. The molecule has 250 valence electrons. The first kappa shape index (κ1) is 36.1. The van der Waals surface area contributed by atoms with Gasteiger partial charge in [0.05, 0.1) is 0 Å². The molecule has 0 radical (unpaired) electrons. The van der Waals surface area contributed by atoms with Crippen LogP contribution in [0.4, 0.5) is 15.4 Å². The van der Waals surface area contributed by atoms with E-state index in [1.54, 1.807) is 4.90 Å². The Morgan fingerprint density at radius 2 is 1.45 bits per heavy atom. The molecule has 44 heavy (non-hydrogen) atoms. The molecule has 1 aromatic rings. The molecule has 3 aliphatic heterocycles. The summed E-state index contributed by atoms with van der Waals surface area (Å²) in [6.07, 6.45) is 3.36. The molecule has 0 atom stereocenters. The Bertz CT molecular complexity index is 1110. The second kappa shape index (κ2) is 14.4. The topological polar surface area (TPSA) is 103 Å². The lowest BCUT2D eigenvalue weighted by atomic mass is 9.92. The third-order valence-electron chi connectivity index (χ3n) is 7.98. The maximum absolute atomic E-state index is 12.5. The van der Waals surface area contributed by atoms with Gasteiger partial charge in [0.15, 0.2) is 0 Å². The number of amides is 2. The fraction of sp³-hybridized carbons (Fsp3) is 0.812. The minimum absolute atomic E-state index is 0.0187. The van der Waals surface area contributed by atoms with Crippen LogP contribution in [0.3, 0.4) is 0 Å². The molecule has 3 fully saturated rings. The highest BCUT2D eigenvalue weighted by Crippen LogP contribution is 2.28. The SMILES string of the molecule is CC(C)(C)OC(=O)N1CCN(CC2CCN(c3cc(Cl)ncn3)CC2)C(C)(C)C1.CC1(C)CN(C(=O)OC(C)(C)C)CCN1.